The van der Waals surface area contributed by atoms with E-state index in [2.05, 4.69) is 21.4 Å². The smallest absolute Gasteiger partial charge is 0.379 e. The number of piperidine rings is 1. The molecule has 0 spiro atoms. The zero-order chi connectivity index (χ0) is 29.6. The molecular weight excluding hydrogens is 554 g/mol. The lowest BCUT2D eigenvalue weighted by atomic mass is 9.81. The molecule has 0 radical (unpaired) electrons. The Morgan fingerprint density at radius 3 is 2.41 bits per heavy atom. The van der Waals surface area contributed by atoms with E-state index in [1.165, 1.54) is 18.3 Å². The molecular formula is C27H23F6N6O2+. The van der Waals surface area contributed by atoms with Gasteiger partial charge in [0.1, 0.15) is 17.0 Å². The molecule has 1 atom stereocenters. The quantitative estimate of drug-likeness (QED) is 0.296. The summed E-state index contributed by atoms with van der Waals surface area (Å²) in [5, 5.41) is 22.3. The molecule has 0 bridgehead atoms. The van der Waals surface area contributed by atoms with Crippen LogP contribution < -0.4 is 15.8 Å². The summed E-state index contributed by atoms with van der Waals surface area (Å²) in [6.07, 6.45) is -8.73. The molecule has 1 saturated heterocycles. The third-order valence-electron chi connectivity index (χ3n) is 7.41. The number of rotatable bonds is 5. The molecule has 2 aliphatic heterocycles. The predicted molar refractivity (Wildman–Crippen MR) is 136 cm³/mol. The number of nitriles is 1. The van der Waals surface area contributed by atoms with Gasteiger partial charge in [-0.25, -0.2) is 14.9 Å². The lowest BCUT2D eigenvalue weighted by Crippen LogP contribution is -2.57. The van der Waals surface area contributed by atoms with Crippen LogP contribution in [0.5, 0.6) is 0 Å². The molecule has 8 nitrogen and oxygen atoms in total. The summed E-state index contributed by atoms with van der Waals surface area (Å²) in [5.41, 5.74) is -1.23. The topological polar surface area (TPSA) is 108 Å². The average Bonchev–Trinajstić information content (AvgIpc) is 2.91. The van der Waals surface area contributed by atoms with Gasteiger partial charge in [0.2, 0.25) is 0 Å². The van der Waals surface area contributed by atoms with E-state index >= 15 is 0 Å². The second kappa shape index (κ2) is 10.2. The van der Waals surface area contributed by atoms with Crippen LogP contribution in [0.4, 0.5) is 43.5 Å². The molecule has 0 aliphatic carbocycles. The number of benzene rings is 1. The van der Waals surface area contributed by atoms with E-state index in [-0.39, 0.29) is 30.9 Å². The first-order valence-electron chi connectivity index (χ1n) is 12.5. The van der Waals surface area contributed by atoms with Gasteiger partial charge >= 0.3 is 12.4 Å². The van der Waals surface area contributed by atoms with Crippen LogP contribution in [-0.2, 0) is 6.18 Å². The number of alkyl halides is 6. The lowest BCUT2D eigenvalue weighted by Gasteiger charge is -2.43. The third-order valence-corrected chi connectivity index (χ3v) is 7.41. The number of aliphatic hydroxyl groups is 1. The van der Waals surface area contributed by atoms with Crippen LogP contribution in [0.25, 0.3) is 0 Å². The van der Waals surface area contributed by atoms with Crippen LogP contribution in [0.2, 0.25) is 0 Å². The molecule has 1 aromatic carbocycles. The van der Waals surface area contributed by atoms with Crippen molar-refractivity contribution in [1.82, 2.24) is 9.97 Å². The first kappa shape index (κ1) is 28.2. The minimum absolute atomic E-state index is 0.0327. The van der Waals surface area contributed by atoms with Crippen molar-refractivity contribution in [3.05, 3.63) is 81.9 Å². The number of hydrogen-bond donors (Lipinski definition) is 3. The molecule has 14 heteroatoms. The van der Waals surface area contributed by atoms with Crippen LogP contribution in [0.15, 0.2) is 59.7 Å². The Labute approximate surface area is 229 Å². The predicted octanol–water partition coefficient (Wildman–Crippen LogP) is 4.85. The van der Waals surface area contributed by atoms with E-state index in [0.717, 1.165) is 30.5 Å². The average molecular weight is 578 g/mol. The Kier molecular flexibility index (Phi) is 7.02. The SMILES string of the molecule is N#CCC1([N+]2=C(Nc3ccc(C(O)C(F)(F)F)cc3)c3c2cc[nH]c3=O)CCN(c2cc(C(F)(F)F)ccn2)CC1. The zero-order valence-corrected chi connectivity index (χ0v) is 21.2. The first-order valence-corrected chi connectivity index (χ1v) is 12.5. The molecule has 3 N–H and O–H groups in total. The number of fused-ring (bicyclic) bond motifs is 1. The number of amidine groups is 1. The van der Waals surface area contributed by atoms with Crippen LogP contribution in [0.3, 0.4) is 0 Å². The third kappa shape index (κ3) is 5.24. The molecule has 1 unspecified atom stereocenters. The fourth-order valence-corrected chi connectivity index (χ4v) is 5.29. The highest BCUT2D eigenvalue weighted by molar-refractivity contribution is 6.12. The Morgan fingerprint density at radius 2 is 1.80 bits per heavy atom. The van der Waals surface area contributed by atoms with Gasteiger partial charge in [0.05, 0.1) is 18.1 Å². The van der Waals surface area contributed by atoms with Crippen molar-refractivity contribution >= 4 is 23.0 Å². The fraction of sp³-hybridized carbons (Fsp3) is 0.333. The van der Waals surface area contributed by atoms with Crippen molar-refractivity contribution in [2.24, 2.45) is 0 Å². The van der Waals surface area contributed by atoms with Gasteiger partial charge in [-0.2, -0.15) is 31.6 Å². The van der Waals surface area contributed by atoms with Gasteiger partial charge in [0.15, 0.2) is 17.4 Å². The van der Waals surface area contributed by atoms with E-state index in [0.29, 0.717) is 35.6 Å². The largest absolute Gasteiger partial charge is 0.418 e. The number of nitrogens with one attached hydrogen (secondary N) is 2. The van der Waals surface area contributed by atoms with Crippen LogP contribution >= 0.6 is 0 Å². The number of aliphatic hydroxyl groups excluding tert-OH is 1. The maximum absolute atomic E-state index is 13.2. The van der Waals surface area contributed by atoms with Crippen molar-refractivity contribution in [3.63, 3.8) is 0 Å². The van der Waals surface area contributed by atoms with Crippen molar-refractivity contribution in [2.45, 2.75) is 43.3 Å². The number of hydrogen-bond acceptors (Lipinski definition) is 6. The van der Waals surface area contributed by atoms with Gasteiger partial charge in [0, 0.05) is 44.4 Å². The monoisotopic (exact) mass is 577 g/mol. The van der Waals surface area contributed by atoms with Crippen molar-refractivity contribution in [1.29, 1.82) is 5.26 Å². The van der Waals surface area contributed by atoms with E-state index in [4.69, 9.17) is 0 Å². The van der Waals surface area contributed by atoms with Crippen LogP contribution in [0, 0.1) is 11.3 Å². The first-order chi connectivity index (χ1) is 19.3. The molecule has 0 amide bonds. The molecule has 1 fully saturated rings. The lowest BCUT2D eigenvalue weighted by molar-refractivity contribution is -0.547. The summed E-state index contributed by atoms with van der Waals surface area (Å²) in [6.45, 7) is 0.560. The zero-order valence-electron chi connectivity index (χ0n) is 21.2. The Balaban J connectivity index is 1.46. The van der Waals surface area contributed by atoms with Crippen molar-refractivity contribution in [2.75, 3.05) is 23.3 Å². The van der Waals surface area contributed by atoms with Gasteiger partial charge in [-0.15, -0.1) is 0 Å². The number of halogens is 6. The Morgan fingerprint density at radius 1 is 1.12 bits per heavy atom. The number of anilines is 2. The van der Waals surface area contributed by atoms with Gasteiger partial charge in [-0.05, 0) is 29.8 Å². The summed E-state index contributed by atoms with van der Waals surface area (Å²) in [4.78, 5) is 21.1. The maximum atomic E-state index is 13.2. The number of H-pyrrole nitrogens is 1. The molecule has 214 valence electrons. The van der Waals surface area contributed by atoms with E-state index in [1.807, 2.05) is 4.58 Å². The normalized spacial score (nSPS) is 17.4. The second-order valence-electron chi connectivity index (χ2n) is 9.89. The van der Waals surface area contributed by atoms with Crippen molar-refractivity contribution in [3.8, 4) is 6.07 Å². The van der Waals surface area contributed by atoms with Crippen LogP contribution in [0.1, 0.15) is 42.1 Å². The minimum Gasteiger partial charge on any atom is -0.379 e. The van der Waals surface area contributed by atoms with E-state index < -0.39 is 35.1 Å². The van der Waals surface area contributed by atoms with Gasteiger partial charge in [-0.1, -0.05) is 12.1 Å². The van der Waals surface area contributed by atoms with Crippen LogP contribution in [-0.4, -0.2) is 50.3 Å². The maximum Gasteiger partial charge on any atom is 0.418 e. The Bertz CT molecular complexity index is 1580. The number of aromatic amines is 1. The molecule has 2 aliphatic rings. The molecule has 2 aromatic heterocycles. The molecule has 3 aromatic rings. The van der Waals surface area contributed by atoms with Gasteiger partial charge in [0.25, 0.3) is 11.4 Å². The number of aromatic nitrogens is 2. The van der Waals surface area contributed by atoms with E-state index in [1.54, 1.807) is 11.0 Å². The highest BCUT2D eigenvalue weighted by Gasteiger charge is 2.51. The van der Waals surface area contributed by atoms with Gasteiger partial charge in [-0.3, -0.25) is 4.79 Å². The molecule has 5 rings (SSSR count). The van der Waals surface area contributed by atoms with Crippen molar-refractivity contribution < 1.29 is 36.0 Å². The van der Waals surface area contributed by atoms with Gasteiger partial charge < -0.3 is 15.0 Å². The molecule has 41 heavy (non-hydrogen) atoms. The summed E-state index contributed by atoms with van der Waals surface area (Å²) >= 11 is 0. The summed E-state index contributed by atoms with van der Waals surface area (Å²) < 4.78 is 80.2. The highest BCUT2D eigenvalue weighted by Crippen LogP contribution is 2.42. The Hall–Kier alpha value is -4.38. The molecule has 4 heterocycles. The summed E-state index contributed by atoms with van der Waals surface area (Å²) in [7, 11) is 0. The number of pyridine rings is 2. The standard InChI is InChI=1S/C27H22F6N6O2/c28-26(29,30)17-5-11-35-20(15-17)38-13-8-25(7-10-34,9-14-38)39-19-6-12-36-24(41)21(19)23(39)37-18-3-1-16(2-4-18)22(40)27(31,32)33/h1-6,11-12,15,22,40H,7-9,13-14H2,(H,36,37,41)/p+1. The minimum atomic E-state index is -4.83. The second-order valence-corrected chi connectivity index (χ2v) is 9.89. The molecule has 0 saturated carbocycles. The highest BCUT2D eigenvalue weighted by atomic mass is 19.4. The number of nitrogens with zero attached hydrogens (tertiary/aromatic N) is 4. The summed E-state index contributed by atoms with van der Waals surface area (Å²) in [6, 6.07) is 10.6. The fourth-order valence-electron chi connectivity index (χ4n) is 5.29. The summed E-state index contributed by atoms with van der Waals surface area (Å²) in [5.74, 6) is 0.501. The van der Waals surface area contributed by atoms with E-state index in [9.17, 15) is 41.5 Å².